The first-order valence-corrected chi connectivity index (χ1v) is 7.34. The van der Waals surface area contributed by atoms with Crippen LogP contribution in [0.2, 0.25) is 0 Å². The van der Waals surface area contributed by atoms with Gasteiger partial charge in [-0.1, -0.05) is 27.7 Å². The Morgan fingerprint density at radius 3 is 2.25 bits per heavy atom. The van der Waals surface area contributed by atoms with E-state index in [1.807, 2.05) is 13.8 Å². The summed E-state index contributed by atoms with van der Waals surface area (Å²) in [6, 6.07) is -0.506. The Morgan fingerprint density at radius 2 is 1.75 bits per heavy atom. The van der Waals surface area contributed by atoms with Gasteiger partial charge in [-0.2, -0.15) is 0 Å². The molecule has 6 nitrogen and oxygen atoms in total. The van der Waals surface area contributed by atoms with Crippen molar-refractivity contribution in [3.05, 3.63) is 0 Å². The van der Waals surface area contributed by atoms with Crippen LogP contribution in [0, 0.1) is 11.8 Å². The van der Waals surface area contributed by atoms with Gasteiger partial charge >= 0.3 is 0 Å². The van der Waals surface area contributed by atoms with Crippen molar-refractivity contribution >= 4 is 0 Å². The van der Waals surface area contributed by atoms with Gasteiger partial charge in [-0.3, -0.25) is 0 Å². The molecule has 1 rings (SSSR count). The van der Waals surface area contributed by atoms with Crippen LogP contribution in [0.15, 0.2) is 0 Å². The summed E-state index contributed by atoms with van der Waals surface area (Å²) in [5, 5.41) is 32.5. The minimum atomic E-state index is -1.12. The van der Waals surface area contributed by atoms with Crippen molar-refractivity contribution in [2.24, 2.45) is 11.8 Å². The second kappa shape index (κ2) is 8.26. The third-order valence-corrected chi connectivity index (χ3v) is 3.24. The maximum atomic E-state index is 10.2. The van der Waals surface area contributed by atoms with E-state index < -0.39 is 30.6 Å². The Labute approximate surface area is 121 Å². The van der Waals surface area contributed by atoms with Gasteiger partial charge in [0, 0.05) is 0 Å². The summed E-state index contributed by atoms with van der Waals surface area (Å²) in [4.78, 5) is 0. The lowest BCUT2D eigenvalue weighted by atomic mass is 9.96. The Morgan fingerprint density at radius 1 is 1.10 bits per heavy atom. The fourth-order valence-electron chi connectivity index (χ4n) is 2.10. The Hall–Kier alpha value is -0.240. The molecule has 1 fully saturated rings. The van der Waals surface area contributed by atoms with Crippen LogP contribution >= 0.6 is 0 Å². The highest BCUT2D eigenvalue weighted by Gasteiger charge is 2.44. The number of nitrogens with one attached hydrogen (secondary N) is 1. The van der Waals surface area contributed by atoms with Gasteiger partial charge in [0.2, 0.25) is 0 Å². The molecule has 0 bridgehead atoms. The molecule has 1 aliphatic heterocycles. The van der Waals surface area contributed by atoms with Crippen molar-refractivity contribution in [1.82, 2.24) is 5.32 Å². The van der Waals surface area contributed by atoms with Crippen molar-refractivity contribution in [3.63, 3.8) is 0 Å². The first-order valence-electron chi connectivity index (χ1n) is 7.34. The molecule has 20 heavy (non-hydrogen) atoms. The van der Waals surface area contributed by atoms with Crippen LogP contribution in [-0.4, -0.2) is 65.7 Å². The molecule has 6 heteroatoms. The normalized spacial score (nSPS) is 35.0. The van der Waals surface area contributed by atoms with Crippen LogP contribution < -0.4 is 5.32 Å². The Balaban J connectivity index is 2.70. The maximum Gasteiger partial charge on any atom is 0.175 e. The number of rotatable bonds is 7. The number of aliphatic hydroxyl groups excluding tert-OH is 3. The number of ether oxygens (including phenoxy) is 2. The van der Waals surface area contributed by atoms with Gasteiger partial charge in [0.15, 0.2) is 6.29 Å². The van der Waals surface area contributed by atoms with Crippen LogP contribution in [0.1, 0.15) is 27.7 Å². The van der Waals surface area contributed by atoms with Crippen molar-refractivity contribution < 1.29 is 24.8 Å². The van der Waals surface area contributed by atoms with Gasteiger partial charge in [0.05, 0.1) is 19.3 Å². The molecule has 0 saturated carbocycles. The zero-order valence-electron chi connectivity index (χ0n) is 12.8. The molecular formula is C14H29NO5. The van der Waals surface area contributed by atoms with Crippen molar-refractivity contribution in [2.75, 3.05) is 19.8 Å². The Kier molecular flexibility index (Phi) is 7.36. The molecule has 0 aromatic carbocycles. The molecule has 5 atom stereocenters. The van der Waals surface area contributed by atoms with Crippen molar-refractivity contribution in [3.8, 4) is 0 Å². The lowest BCUT2D eigenvalue weighted by Crippen LogP contribution is -2.64. The SMILES string of the molecule is CC(C)CN[C@@H]1[C@@H](OCC(C)C)O[C@H](CO)[C@@H](O)[C@@H]1O. The van der Waals surface area contributed by atoms with Gasteiger partial charge < -0.3 is 30.1 Å². The number of hydrogen-bond donors (Lipinski definition) is 4. The summed E-state index contributed by atoms with van der Waals surface area (Å²) in [5.74, 6) is 0.738. The van der Waals surface area contributed by atoms with Crippen LogP contribution in [0.5, 0.6) is 0 Å². The summed E-state index contributed by atoms with van der Waals surface area (Å²) in [7, 11) is 0. The van der Waals surface area contributed by atoms with Crippen LogP contribution in [0.25, 0.3) is 0 Å². The molecule has 1 saturated heterocycles. The van der Waals surface area contributed by atoms with E-state index in [1.165, 1.54) is 0 Å². The largest absolute Gasteiger partial charge is 0.394 e. The molecule has 0 radical (unpaired) electrons. The summed E-state index contributed by atoms with van der Waals surface area (Å²) in [6.45, 7) is 8.98. The third-order valence-electron chi connectivity index (χ3n) is 3.24. The topological polar surface area (TPSA) is 91.2 Å². The fourth-order valence-corrected chi connectivity index (χ4v) is 2.10. The third kappa shape index (κ3) is 4.95. The van der Waals surface area contributed by atoms with Crippen molar-refractivity contribution in [1.29, 1.82) is 0 Å². The molecule has 120 valence electrons. The summed E-state index contributed by atoms with van der Waals surface area (Å²) in [6.07, 6.45) is -3.65. The van der Waals surface area contributed by atoms with Gasteiger partial charge in [-0.15, -0.1) is 0 Å². The van der Waals surface area contributed by atoms with E-state index in [1.54, 1.807) is 0 Å². The Bertz CT molecular complexity index is 274. The summed E-state index contributed by atoms with van der Waals surface area (Å²) >= 11 is 0. The molecule has 0 unspecified atom stereocenters. The zero-order valence-corrected chi connectivity index (χ0v) is 12.8. The predicted molar refractivity (Wildman–Crippen MR) is 75.2 cm³/mol. The van der Waals surface area contributed by atoms with E-state index in [2.05, 4.69) is 19.2 Å². The molecular weight excluding hydrogens is 262 g/mol. The van der Waals surface area contributed by atoms with E-state index in [9.17, 15) is 15.3 Å². The summed E-state index contributed by atoms with van der Waals surface area (Å²) in [5.41, 5.74) is 0. The predicted octanol–water partition coefficient (Wildman–Crippen LogP) is -0.288. The first kappa shape index (κ1) is 17.8. The van der Waals surface area contributed by atoms with Gasteiger partial charge in [-0.25, -0.2) is 0 Å². The lowest BCUT2D eigenvalue weighted by Gasteiger charge is -2.42. The standard InChI is InChI=1S/C14H29NO5/c1-8(2)5-15-11-13(18)12(17)10(6-16)20-14(11)19-7-9(3)4/h8-18H,5-7H2,1-4H3/t10-,11+,12-,13-,14+/m1/s1. The zero-order chi connectivity index (χ0) is 15.3. The first-order chi connectivity index (χ1) is 9.36. The van der Waals surface area contributed by atoms with E-state index in [0.717, 1.165) is 0 Å². The minimum absolute atomic E-state index is 0.334. The summed E-state index contributed by atoms with van der Waals surface area (Å²) < 4.78 is 11.2. The average Bonchev–Trinajstić information content (AvgIpc) is 2.38. The van der Waals surface area contributed by atoms with Gasteiger partial charge in [0.25, 0.3) is 0 Å². The monoisotopic (exact) mass is 291 g/mol. The highest BCUT2D eigenvalue weighted by atomic mass is 16.7. The van der Waals surface area contributed by atoms with Crippen LogP contribution in [0.3, 0.4) is 0 Å². The molecule has 0 spiro atoms. The second-order valence-electron chi connectivity index (χ2n) is 6.26. The van der Waals surface area contributed by atoms with Gasteiger partial charge in [-0.05, 0) is 18.4 Å². The van der Waals surface area contributed by atoms with Crippen LogP contribution in [0.4, 0.5) is 0 Å². The molecule has 0 aliphatic carbocycles. The molecule has 0 aromatic rings. The number of hydrogen-bond acceptors (Lipinski definition) is 6. The van der Waals surface area contributed by atoms with Gasteiger partial charge in [0.1, 0.15) is 18.3 Å². The van der Waals surface area contributed by atoms with Crippen molar-refractivity contribution in [2.45, 2.75) is 58.3 Å². The fraction of sp³-hybridized carbons (Fsp3) is 1.00. The highest BCUT2D eigenvalue weighted by molar-refractivity contribution is 4.93. The molecule has 0 amide bonds. The van der Waals surface area contributed by atoms with E-state index in [-0.39, 0.29) is 6.61 Å². The lowest BCUT2D eigenvalue weighted by molar-refractivity contribution is -0.273. The van der Waals surface area contributed by atoms with E-state index in [0.29, 0.717) is 25.0 Å². The molecule has 4 N–H and O–H groups in total. The van der Waals surface area contributed by atoms with Crippen LogP contribution in [-0.2, 0) is 9.47 Å². The maximum absolute atomic E-state index is 10.2. The average molecular weight is 291 g/mol. The molecule has 1 aliphatic rings. The second-order valence-corrected chi connectivity index (χ2v) is 6.26. The highest BCUT2D eigenvalue weighted by Crippen LogP contribution is 2.22. The van der Waals surface area contributed by atoms with E-state index >= 15 is 0 Å². The molecule has 1 heterocycles. The minimum Gasteiger partial charge on any atom is -0.394 e. The smallest absolute Gasteiger partial charge is 0.175 e. The van der Waals surface area contributed by atoms with E-state index in [4.69, 9.17) is 9.47 Å². The molecule has 0 aromatic heterocycles. The number of aliphatic hydroxyl groups is 3. The quantitative estimate of drug-likeness (QED) is 0.515.